The van der Waals surface area contributed by atoms with Crippen molar-refractivity contribution in [3.8, 4) is 5.75 Å². The summed E-state index contributed by atoms with van der Waals surface area (Å²) in [5.74, 6) is 1.55. The van der Waals surface area contributed by atoms with E-state index < -0.39 is 0 Å². The van der Waals surface area contributed by atoms with Crippen molar-refractivity contribution in [2.24, 2.45) is 0 Å². The summed E-state index contributed by atoms with van der Waals surface area (Å²) in [6.45, 7) is 13.4. The van der Waals surface area contributed by atoms with Crippen molar-refractivity contribution in [2.75, 3.05) is 7.11 Å². The second kappa shape index (κ2) is 6.97. The molecule has 1 rings (SSSR count). The average Bonchev–Trinajstić information content (AvgIpc) is 2.36. The Balaban J connectivity index is 3.25. The maximum atomic E-state index is 5.76. The third-order valence-electron chi connectivity index (χ3n) is 3.70. The maximum Gasteiger partial charge on any atom is 0.126 e. The van der Waals surface area contributed by atoms with Crippen LogP contribution in [-0.2, 0) is 5.41 Å². The Labute approximate surface area is 125 Å². The van der Waals surface area contributed by atoms with Crippen molar-refractivity contribution in [3.05, 3.63) is 41.0 Å². The lowest BCUT2D eigenvalue weighted by Gasteiger charge is -2.26. The third-order valence-corrected chi connectivity index (χ3v) is 3.70. The number of benzene rings is 1. The molecule has 1 aromatic rings. The molecule has 0 heterocycles. The fourth-order valence-corrected chi connectivity index (χ4v) is 2.55. The zero-order valence-corrected chi connectivity index (χ0v) is 14.2. The van der Waals surface area contributed by atoms with E-state index in [1.54, 1.807) is 7.11 Å². The van der Waals surface area contributed by atoms with Crippen LogP contribution < -0.4 is 4.74 Å². The minimum absolute atomic E-state index is 0.102. The van der Waals surface area contributed by atoms with Crippen LogP contribution in [0, 0.1) is 6.92 Å². The van der Waals surface area contributed by atoms with Crippen molar-refractivity contribution in [1.82, 2.24) is 0 Å². The number of hydrogen-bond donors (Lipinski definition) is 0. The molecule has 0 saturated heterocycles. The van der Waals surface area contributed by atoms with Crippen molar-refractivity contribution in [2.45, 2.75) is 65.7 Å². The van der Waals surface area contributed by atoms with Gasteiger partial charge in [-0.05, 0) is 36.7 Å². The Kier molecular flexibility index (Phi) is 5.86. The van der Waals surface area contributed by atoms with E-state index in [1.165, 1.54) is 16.7 Å². The van der Waals surface area contributed by atoms with E-state index in [0.29, 0.717) is 5.92 Å². The molecule has 1 aromatic carbocycles. The summed E-state index contributed by atoms with van der Waals surface area (Å²) in [7, 11) is 1.79. The molecule has 20 heavy (non-hydrogen) atoms. The summed E-state index contributed by atoms with van der Waals surface area (Å²) in [5.41, 5.74) is 4.06. The summed E-state index contributed by atoms with van der Waals surface area (Å²) in [5, 5.41) is 0. The second-order valence-corrected chi connectivity index (χ2v) is 6.70. The Hall–Kier alpha value is -1.24. The molecule has 0 aliphatic rings. The van der Waals surface area contributed by atoms with Gasteiger partial charge < -0.3 is 4.74 Å². The molecule has 0 amide bonds. The topological polar surface area (TPSA) is 9.23 Å². The van der Waals surface area contributed by atoms with E-state index in [1.807, 2.05) is 0 Å². The van der Waals surface area contributed by atoms with Crippen molar-refractivity contribution in [1.29, 1.82) is 0 Å². The van der Waals surface area contributed by atoms with Crippen LogP contribution in [0.25, 0.3) is 0 Å². The molecular weight excluding hydrogens is 244 g/mol. The lowest BCUT2D eigenvalue weighted by Crippen LogP contribution is -2.15. The van der Waals surface area contributed by atoms with E-state index in [2.05, 4.69) is 65.8 Å². The fraction of sp³-hybridized carbons (Fsp3) is 0.579. The minimum Gasteiger partial charge on any atom is -0.496 e. The SMILES string of the molecule is CC/C=C\CC(C)c1cc(C)cc(C(C)(C)C)c1OC. The Morgan fingerprint density at radius 1 is 1.20 bits per heavy atom. The quantitative estimate of drug-likeness (QED) is 0.620. The normalized spacial score (nSPS) is 13.8. The molecule has 0 aromatic heterocycles. The molecule has 0 aliphatic heterocycles. The number of aryl methyl sites for hydroxylation is 1. The molecule has 1 atom stereocenters. The summed E-state index contributed by atoms with van der Waals surface area (Å²) >= 11 is 0. The van der Waals surface area contributed by atoms with E-state index >= 15 is 0 Å². The van der Waals surface area contributed by atoms with Crippen LogP contribution >= 0.6 is 0 Å². The summed E-state index contributed by atoms with van der Waals surface area (Å²) in [6.07, 6.45) is 6.69. The van der Waals surface area contributed by atoms with Gasteiger partial charge in [-0.3, -0.25) is 0 Å². The van der Waals surface area contributed by atoms with Crippen LogP contribution in [0.4, 0.5) is 0 Å². The number of methoxy groups -OCH3 is 1. The molecular formula is C19H30O. The average molecular weight is 274 g/mol. The fourth-order valence-electron chi connectivity index (χ4n) is 2.55. The highest BCUT2D eigenvalue weighted by molar-refractivity contribution is 5.49. The first kappa shape index (κ1) is 16.8. The number of rotatable bonds is 5. The Morgan fingerprint density at radius 3 is 2.35 bits per heavy atom. The molecule has 112 valence electrons. The van der Waals surface area contributed by atoms with E-state index in [0.717, 1.165) is 18.6 Å². The summed E-state index contributed by atoms with van der Waals surface area (Å²) in [4.78, 5) is 0. The smallest absolute Gasteiger partial charge is 0.126 e. The number of allylic oxidation sites excluding steroid dienone is 2. The molecule has 0 radical (unpaired) electrons. The van der Waals surface area contributed by atoms with Gasteiger partial charge in [0.25, 0.3) is 0 Å². The van der Waals surface area contributed by atoms with Gasteiger partial charge >= 0.3 is 0 Å². The highest BCUT2D eigenvalue weighted by atomic mass is 16.5. The monoisotopic (exact) mass is 274 g/mol. The number of hydrogen-bond acceptors (Lipinski definition) is 1. The molecule has 0 bridgehead atoms. The molecule has 0 saturated carbocycles. The summed E-state index contributed by atoms with van der Waals surface area (Å²) in [6, 6.07) is 4.54. The highest BCUT2D eigenvalue weighted by Crippen LogP contribution is 2.39. The second-order valence-electron chi connectivity index (χ2n) is 6.70. The zero-order valence-electron chi connectivity index (χ0n) is 14.2. The van der Waals surface area contributed by atoms with E-state index in [-0.39, 0.29) is 5.41 Å². The summed E-state index contributed by atoms with van der Waals surface area (Å²) < 4.78 is 5.76. The van der Waals surface area contributed by atoms with Gasteiger partial charge in [-0.1, -0.05) is 64.5 Å². The van der Waals surface area contributed by atoms with Gasteiger partial charge in [0.05, 0.1) is 7.11 Å². The van der Waals surface area contributed by atoms with Crippen LogP contribution in [0.2, 0.25) is 0 Å². The van der Waals surface area contributed by atoms with Crippen LogP contribution in [-0.4, -0.2) is 7.11 Å². The van der Waals surface area contributed by atoms with E-state index in [4.69, 9.17) is 4.74 Å². The predicted octanol–water partition coefficient (Wildman–Crippen LogP) is 5.76. The van der Waals surface area contributed by atoms with Gasteiger partial charge in [-0.15, -0.1) is 0 Å². The van der Waals surface area contributed by atoms with Gasteiger partial charge in [0, 0.05) is 5.56 Å². The minimum atomic E-state index is 0.102. The first-order chi connectivity index (χ1) is 9.31. The molecule has 0 aliphatic carbocycles. The molecule has 0 spiro atoms. The van der Waals surface area contributed by atoms with E-state index in [9.17, 15) is 0 Å². The Morgan fingerprint density at radius 2 is 1.85 bits per heavy atom. The molecule has 1 unspecified atom stereocenters. The van der Waals surface area contributed by atoms with Gasteiger partial charge in [0.1, 0.15) is 5.75 Å². The van der Waals surface area contributed by atoms with Crippen LogP contribution in [0.3, 0.4) is 0 Å². The maximum absolute atomic E-state index is 5.76. The van der Waals surface area contributed by atoms with Gasteiger partial charge in [-0.25, -0.2) is 0 Å². The first-order valence-corrected chi connectivity index (χ1v) is 7.65. The van der Waals surface area contributed by atoms with Crippen LogP contribution in [0.15, 0.2) is 24.3 Å². The predicted molar refractivity (Wildman–Crippen MR) is 88.9 cm³/mol. The first-order valence-electron chi connectivity index (χ1n) is 7.65. The number of ether oxygens (including phenoxy) is 1. The largest absolute Gasteiger partial charge is 0.496 e. The van der Waals surface area contributed by atoms with Crippen LogP contribution in [0.1, 0.15) is 70.1 Å². The van der Waals surface area contributed by atoms with Gasteiger partial charge in [0.15, 0.2) is 0 Å². The van der Waals surface area contributed by atoms with Crippen molar-refractivity contribution < 1.29 is 4.74 Å². The third kappa shape index (κ3) is 4.13. The molecule has 0 N–H and O–H groups in total. The standard InChI is InChI=1S/C19H30O/c1-8-9-10-11-15(3)16-12-14(2)13-17(18(16)20-7)19(4,5)6/h9-10,12-13,15H,8,11H2,1-7H3/b10-9-. The van der Waals surface area contributed by atoms with Crippen molar-refractivity contribution in [3.63, 3.8) is 0 Å². The van der Waals surface area contributed by atoms with Gasteiger partial charge in [-0.2, -0.15) is 0 Å². The Bertz CT molecular complexity index is 463. The lowest BCUT2D eigenvalue weighted by atomic mass is 9.82. The highest BCUT2D eigenvalue weighted by Gasteiger charge is 2.23. The molecule has 0 fully saturated rings. The van der Waals surface area contributed by atoms with Crippen molar-refractivity contribution >= 4 is 0 Å². The lowest BCUT2D eigenvalue weighted by molar-refractivity contribution is 0.389. The zero-order chi connectivity index (χ0) is 15.3. The van der Waals surface area contributed by atoms with Gasteiger partial charge in [0.2, 0.25) is 0 Å². The van der Waals surface area contributed by atoms with Crippen LogP contribution in [0.5, 0.6) is 5.75 Å². The molecule has 1 nitrogen and oxygen atoms in total. The molecule has 1 heteroatoms.